The van der Waals surface area contributed by atoms with Crippen LogP contribution in [0.3, 0.4) is 0 Å². The third kappa shape index (κ3) is 2.14. The summed E-state index contributed by atoms with van der Waals surface area (Å²) < 4.78 is 12.7. The van der Waals surface area contributed by atoms with Crippen molar-refractivity contribution < 1.29 is 19.4 Å². The average molecular weight is 225 g/mol. The van der Waals surface area contributed by atoms with Crippen LogP contribution in [0.15, 0.2) is 18.2 Å². The summed E-state index contributed by atoms with van der Waals surface area (Å²) in [6, 6.07) is 3.20. The first-order chi connectivity index (χ1) is 7.61. The zero-order valence-electron chi connectivity index (χ0n) is 8.48. The van der Waals surface area contributed by atoms with Gasteiger partial charge < -0.3 is 15.5 Å². The number of amides is 1. The molecule has 0 aromatic heterocycles. The Bertz CT molecular complexity index is 422. The van der Waals surface area contributed by atoms with Crippen LogP contribution in [0.5, 0.6) is 5.75 Å². The highest BCUT2D eigenvalue weighted by Crippen LogP contribution is 2.30. The number of hydrogen-bond acceptors (Lipinski definition) is 3. The van der Waals surface area contributed by atoms with Crippen LogP contribution < -0.4 is 5.32 Å². The van der Waals surface area contributed by atoms with Crippen LogP contribution >= 0.6 is 0 Å². The first kappa shape index (κ1) is 10.9. The van der Waals surface area contributed by atoms with Gasteiger partial charge in [-0.2, -0.15) is 0 Å². The van der Waals surface area contributed by atoms with Crippen LogP contribution in [0.2, 0.25) is 0 Å². The van der Waals surface area contributed by atoms with E-state index in [1.54, 1.807) is 0 Å². The molecule has 1 aliphatic rings. The van der Waals surface area contributed by atoms with Gasteiger partial charge in [-0.25, -0.2) is 4.39 Å². The highest BCUT2D eigenvalue weighted by molar-refractivity contribution is 5.97. The van der Waals surface area contributed by atoms with Crippen molar-refractivity contribution in [3.05, 3.63) is 29.6 Å². The molecule has 86 valence electrons. The number of rotatable bonds is 3. The molecule has 1 aromatic rings. The first-order valence-electron chi connectivity index (χ1n) is 5.02. The molecule has 1 amide bonds. The predicted octanol–water partition coefficient (Wildman–Crippen LogP) is 0.642. The quantitative estimate of drug-likeness (QED) is 0.707. The van der Waals surface area contributed by atoms with E-state index in [9.17, 15) is 14.3 Å². The lowest BCUT2D eigenvalue weighted by molar-refractivity contribution is 0.0944. The molecule has 0 aliphatic heterocycles. The minimum atomic E-state index is -0.589. The minimum absolute atomic E-state index is 0.0399. The lowest BCUT2D eigenvalue weighted by Gasteiger charge is -2.05. The van der Waals surface area contributed by atoms with E-state index < -0.39 is 11.7 Å². The van der Waals surface area contributed by atoms with Crippen LogP contribution in [0.25, 0.3) is 0 Å². The van der Waals surface area contributed by atoms with Crippen molar-refractivity contribution in [2.75, 3.05) is 6.61 Å². The number of carbonyl (C=O) groups is 1. The molecule has 5 heteroatoms. The maximum atomic E-state index is 12.7. The molecule has 2 atom stereocenters. The number of nitrogens with one attached hydrogen (secondary N) is 1. The van der Waals surface area contributed by atoms with Crippen molar-refractivity contribution in [2.45, 2.75) is 12.5 Å². The zero-order valence-corrected chi connectivity index (χ0v) is 8.48. The van der Waals surface area contributed by atoms with Crippen LogP contribution in [0.1, 0.15) is 16.8 Å². The molecule has 1 saturated carbocycles. The van der Waals surface area contributed by atoms with E-state index in [0.29, 0.717) is 0 Å². The second-order valence-corrected chi connectivity index (χ2v) is 3.92. The number of hydrogen-bond donors (Lipinski definition) is 3. The van der Waals surface area contributed by atoms with Crippen molar-refractivity contribution in [3.8, 4) is 5.75 Å². The van der Waals surface area contributed by atoms with Gasteiger partial charge in [-0.05, 0) is 18.6 Å². The summed E-state index contributed by atoms with van der Waals surface area (Å²) in [5, 5.41) is 20.8. The molecule has 1 aromatic carbocycles. The number of aromatic hydroxyl groups is 1. The summed E-state index contributed by atoms with van der Waals surface area (Å²) in [5.74, 6) is -1.31. The molecule has 4 nitrogen and oxygen atoms in total. The maximum absolute atomic E-state index is 12.7. The fraction of sp³-hybridized carbons (Fsp3) is 0.364. The molecular weight excluding hydrogens is 213 g/mol. The Hall–Kier alpha value is -1.62. The molecule has 0 saturated heterocycles. The highest BCUT2D eigenvalue weighted by Gasteiger charge is 2.37. The van der Waals surface area contributed by atoms with Gasteiger partial charge in [0.1, 0.15) is 11.6 Å². The molecule has 0 radical (unpaired) electrons. The molecule has 1 fully saturated rings. The number of carbonyl (C=O) groups excluding carboxylic acids is 1. The molecule has 16 heavy (non-hydrogen) atoms. The van der Waals surface area contributed by atoms with E-state index in [0.717, 1.165) is 18.6 Å². The van der Waals surface area contributed by atoms with Gasteiger partial charge in [0.05, 0.1) is 5.56 Å². The molecule has 3 N–H and O–H groups in total. The van der Waals surface area contributed by atoms with E-state index in [1.807, 2.05) is 0 Å². The van der Waals surface area contributed by atoms with E-state index in [-0.39, 0.29) is 29.9 Å². The number of aliphatic hydroxyl groups excluding tert-OH is 1. The second-order valence-electron chi connectivity index (χ2n) is 3.92. The maximum Gasteiger partial charge on any atom is 0.255 e. The lowest BCUT2D eigenvalue weighted by atomic mass is 10.2. The molecule has 0 bridgehead atoms. The summed E-state index contributed by atoms with van der Waals surface area (Å²) in [6.07, 6.45) is 0.740. The Kier molecular flexibility index (Phi) is 2.78. The van der Waals surface area contributed by atoms with Gasteiger partial charge in [-0.15, -0.1) is 0 Å². The third-order valence-electron chi connectivity index (χ3n) is 2.68. The monoisotopic (exact) mass is 225 g/mol. The van der Waals surface area contributed by atoms with Crippen molar-refractivity contribution in [3.63, 3.8) is 0 Å². The Labute approximate surface area is 91.7 Å². The zero-order chi connectivity index (χ0) is 11.7. The van der Waals surface area contributed by atoms with Crippen LogP contribution in [0, 0.1) is 11.7 Å². The fourth-order valence-electron chi connectivity index (χ4n) is 1.57. The van der Waals surface area contributed by atoms with Gasteiger partial charge in [0.2, 0.25) is 0 Å². The van der Waals surface area contributed by atoms with Crippen LogP contribution in [-0.2, 0) is 0 Å². The predicted molar refractivity (Wildman–Crippen MR) is 54.5 cm³/mol. The first-order valence-corrected chi connectivity index (χ1v) is 5.02. The number of phenolic OH excluding ortho intramolecular Hbond substituents is 1. The highest BCUT2D eigenvalue weighted by atomic mass is 19.1. The number of halogens is 1. The van der Waals surface area contributed by atoms with Gasteiger partial charge in [0.25, 0.3) is 5.91 Å². The Morgan fingerprint density at radius 3 is 2.88 bits per heavy atom. The molecule has 0 unspecified atom stereocenters. The van der Waals surface area contributed by atoms with E-state index in [2.05, 4.69) is 5.32 Å². The SMILES string of the molecule is O=C(N[C@@H]1C[C@H]1CO)c1ccc(F)cc1O. The lowest BCUT2D eigenvalue weighted by Crippen LogP contribution is -2.27. The van der Waals surface area contributed by atoms with E-state index >= 15 is 0 Å². The average Bonchev–Trinajstić information content (AvgIpc) is 2.96. The third-order valence-corrected chi connectivity index (χ3v) is 2.68. The van der Waals surface area contributed by atoms with Gasteiger partial charge >= 0.3 is 0 Å². The summed E-state index contributed by atoms with van der Waals surface area (Å²) >= 11 is 0. The molecule has 1 aliphatic carbocycles. The van der Waals surface area contributed by atoms with Gasteiger partial charge in [-0.3, -0.25) is 4.79 Å². The Morgan fingerprint density at radius 2 is 2.31 bits per heavy atom. The summed E-state index contributed by atoms with van der Waals surface area (Å²) in [6.45, 7) is 0.0420. The summed E-state index contributed by atoms with van der Waals surface area (Å²) in [4.78, 5) is 11.6. The van der Waals surface area contributed by atoms with Crippen molar-refractivity contribution in [1.29, 1.82) is 0 Å². The Morgan fingerprint density at radius 1 is 1.56 bits per heavy atom. The van der Waals surface area contributed by atoms with Gasteiger partial charge in [0.15, 0.2) is 0 Å². The molecule has 0 spiro atoms. The fourth-order valence-corrected chi connectivity index (χ4v) is 1.57. The molecular formula is C11H12FNO3. The topological polar surface area (TPSA) is 69.6 Å². The van der Waals surface area contributed by atoms with Crippen molar-refractivity contribution in [2.24, 2.45) is 5.92 Å². The van der Waals surface area contributed by atoms with E-state index in [4.69, 9.17) is 5.11 Å². The largest absolute Gasteiger partial charge is 0.507 e. The van der Waals surface area contributed by atoms with Crippen molar-refractivity contribution in [1.82, 2.24) is 5.32 Å². The smallest absolute Gasteiger partial charge is 0.255 e. The molecule has 0 heterocycles. The van der Waals surface area contributed by atoms with Crippen LogP contribution in [-0.4, -0.2) is 28.8 Å². The van der Waals surface area contributed by atoms with Crippen molar-refractivity contribution >= 4 is 5.91 Å². The normalized spacial score (nSPS) is 22.9. The Balaban J connectivity index is 2.04. The van der Waals surface area contributed by atoms with Gasteiger partial charge in [0, 0.05) is 24.6 Å². The molecule has 2 rings (SSSR count). The number of benzene rings is 1. The summed E-state index contributed by atoms with van der Waals surface area (Å²) in [7, 11) is 0. The van der Waals surface area contributed by atoms with Gasteiger partial charge in [-0.1, -0.05) is 0 Å². The van der Waals surface area contributed by atoms with E-state index in [1.165, 1.54) is 6.07 Å². The second kappa shape index (κ2) is 4.09. The standard InChI is InChI=1S/C11H12FNO3/c12-7-1-2-8(10(15)4-7)11(16)13-9-3-6(9)5-14/h1-2,4,6,9,14-15H,3,5H2,(H,13,16)/t6-,9+/m0/s1. The minimum Gasteiger partial charge on any atom is -0.507 e. The van der Waals surface area contributed by atoms with Crippen LogP contribution in [0.4, 0.5) is 4.39 Å². The number of aliphatic hydroxyl groups is 1. The number of phenols is 1. The summed E-state index contributed by atoms with van der Waals surface area (Å²) in [5.41, 5.74) is 0.0463.